The van der Waals surface area contributed by atoms with Gasteiger partial charge in [-0.1, -0.05) is 0 Å². The van der Waals surface area contributed by atoms with Crippen LogP contribution < -0.4 is 4.74 Å². The van der Waals surface area contributed by atoms with Crippen molar-refractivity contribution < 1.29 is 14.2 Å². The van der Waals surface area contributed by atoms with Crippen LogP contribution in [0.5, 0.6) is 5.75 Å². The molecule has 0 saturated carbocycles. The number of halogens is 1. The zero-order valence-corrected chi connectivity index (χ0v) is 6.46. The van der Waals surface area contributed by atoms with Gasteiger partial charge in [0.05, 0.1) is 13.2 Å². The van der Waals surface area contributed by atoms with E-state index in [9.17, 15) is 4.39 Å². The van der Waals surface area contributed by atoms with Crippen LogP contribution >= 0.6 is 0 Å². The lowest BCUT2D eigenvalue weighted by atomic mass is 10.0. The fourth-order valence-electron chi connectivity index (χ4n) is 1.40. The summed E-state index contributed by atoms with van der Waals surface area (Å²) in [4.78, 5) is 0. The lowest BCUT2D eigenvalue weighted by molar-refractivity contribution is 0.232. The van der Waals surface area contributed by atoms with Crippen molar-refractivity contribution in [3.05, 3.63) is 29.6 Å². The SMILES string of the molecule is OC[C@@H]1COc2ccc(F)cc21. The summed E-state index contributed by atoms with van der Waals surface area (Å²) in [5.41, 5.74) is 0.775. The van der Waals surface area contributed by atoms with Crippen LogP contribution in [0.4, 0.5) is 4.39 Å². The Morgan fingerprint density at radius 1 is 1.58 bits per heavy atom. The molecule has 1 aliphatic rings. The highest BCUT2D eigenvalue weighted by atomic mass is 19.1. The average Bonchev–Trinajstić information content (AvgIpc) is 2.46. The first kappa shape index (κ1) is 7.55. The third kappa shape index (κ3) is 1.06. The third-order valence-corrected chi connectivity index (χ3v) is 2.07. The molecule has 0 aliphatic carbocycles. The molecule has 2 nitrogen and oxygen atoms in total. The zero-order valence-electron chi connectivity index (χ0n) is 6.46. The molecule has 64 valence electrons. The van der Waals surface area contributed by atoms with Crippen molar-refractivity contribution in [1.29, 1.82) is 0 Å². The summed E-state index contributed by atoms with van der Waals surface area (Å²) in [6.07, 6.45) is 0. The minimum absolute atomic E-state index is 0.0104. The van der Waals surface area contributed by atoms with E-state index < -0.39 is 0 Å². The number of aliphatic hydroxyl groups is 1. The van der Waals surface area contributed by atoms with E-state index in [-0.39, 0.29) is 18.3 Å². The molecule has 0 unspecified atom stereocenters. The van der Waals surface area contributed by atoms with Gasteiger partial charge in [0.1, 0.15) is 11.6 Å². The van der Waals surface area contributed by atoms with E-state index in [0.717, 1.165) is 5.56 Å². The van der Waals surface area contributed by atoms with Crippen molar-refractivity contribution in [3.63, 3.8) is 0 Å². The molecule has 0 aromatic heterocycles. The molecule has 0 fully saturated rings. The van der Waals surface area contributed by atoms with Crippen molar-refractivity contribution in [2.75, 3.05) is 13.2 Å². The maximum Gasteiger partial charge on any atom is 0.123 e. The fourth-order valence-corrected chi connectivity index (χ4v) is 1.40. The van der Waals surface area contributed by atoms with Crippen molar-refractivity contribution in [2.45, 2.75) is 5.92 Å². The minimum atomic E-state index is -0.280. The minimum Gasteiger partial charge on any atom is -0.493 e. The molecule has 1 atom stereocenters. The Bertz CT molecular complexity index is 299. The van der Waals surface area contributed by atoms with Crippen LogP contribution in [0.15, 0.2) is 18.2 Å². The van der Waals surface area contributed by atoms with Crippen LogP contribution in [0.3, 0.4) is 0 Å². The number of hydrogen-bond donors (Lipinski definition) is 1. The number of benzene rings is 1. The molecule has 2 rings (SSSR count). The third-order valence-electron chi connectivity index (χ3n) is 2.07. The molecule has 0 amide bonds. The van der Waals surface area contributed by atoms with Crippen molar-refractivity contribution in [1.82, 2.24) is 0 Å². The Kier molecular flexibility index (Phi) is 1.73. The van der Waals surface area contributed by atoms with Gasteiger partial charge in [0.25, 0.3) is 0 Å². The molecule has 1 N–H and O–H groups in total. The van der Waals surface area contributed by atoms with Gasteiger partial charge in [-0.3, -0.25) is 0 Å². The number of rotatable bonds is 1. The smallest absolute Gasteiger partial charge is 0.123 e. The Balaban J connectivity index is 2.42. The second kappa shape index (κ2) is 2.75. The van der Waals surface area contributed by atoms with E-state index in [1.54, 1.807) is 6.07 Å². The van der Waals surface area contributed by atoms with Gasteiger partial charge in [0.15, 0.2) is 0 Å². The maximum atomic E-state index is 12.7. The van der Waals surface area contributed by atoms with E-state index in [1.165, 1.54) is 12.1 Å². The van der Waals surface area contributed by atoms with E-state index in [4.69, 9.17) is 9.84 Å². The first-order valence-corrected chi connectivity index (χ1v) is 3.84. The lowest BCUT2D eigenvalue weighted by Crippen LogP contribution is -2.04. The van der Waals surface area contributed by atoms with E-state index in [2.05, 4.69) is 0 Å². The summed E-state index contributed by atoms with van der Waals surface area (Å²) in [6.45, 7) is 0.464. The Morgan fingerprint density at radius 2 is 2.42 bits per heavy atom. The maximum absolute atomic E-state index is 12.7. The van der Waals surface area contributed by atoms with Gasteiger partial charge < -0.3 is 9.84 Å². The van der Waals surface area contributed by atoms with Crippen LogP contribution in [0, 0.1) is 5.82 Å². The summed E-state index contributed by atoms with van der Waals surface area (Å²) in [6, 6.07) is 4.38. The highest BCUT2D eigenvalue weighted by Crippen LogP contribution is 2.33. The van der Waals surface area contributed by atoms with Crippen molar-refractivity contribution in [3.8, 4) is 5.75 Å². The Labute approximate surface area is 69.6 Å². The standard InChI is InChI=1S/C9H9FO2/c10-7-1-2-9-8(3-7)6(4-11)5-12-9/h1-3,6,11H,4-5H2/t6-/m1/s1. The molecule has 0 bridgehead atoms. The van der Waals surface area contributed by atoms with Gasteiger partial charge in [0, 0.05) is 11.5 Å². The zero-order chi connectivity index (χ0) is 8.55. The molecular weight excluding hydrogens is 159 g/mol. The number of ether oxygens (including phenoxy) is 1. The topological polar surface area (TPSA) is 29.5 Å². The molecule has 1 aliphatic heterocycles. The van der Waals surface area contributed by atoms with Crippen LogP contribution in [-0.2, 0) is 0 Å². The van der Waals surface area contributed by atoms with Gasteiger partial charge >= 0.3 is 0 Å². The number of hydrogen-bond acceptors (Lipinski definition) is 2. The van der Waals surface area contributed by atoms with E-state index >= 15 is 0 Å². The lowest BCUT2D eigenvalue weighted by Gasteiger charge is -2.02. The Morgan fingerprint density at radius 3 is 3.17 bits per heavy atom. The van der Waals surface area contributed by atoms with E-state index in [0.29, 0.717) is 12.4 Å². The molecule has 0 saturated heterocycles. The van der Waals surface area contributed by atoms with Gasteiger partial charge in [-0.2, -0.15) is 0 Å². The summed E-state index contributed by atoms with van der Waals surface area (Å²) in [7, 11) is 0. The molecule has 1 heterocycles. The average molecular weight is 168 g/mol. The summed E-state index contributed by atoms with van der Waals surface area (Å²) >= 11 is 0. The molecule has 1 aromatic carbocycles. The van der Waals surface area contributed by atoms with Gasteiger partial charge in [-0.15, -0.1) is 0 Å². The molecule has 12 heavy (non-hydrogen) atoms. The first-order valence-electron chi connectivity index (χ1n) is 3.84. The quantitative estimate of drug-likeness (QED) is 0.684. The second-order valence-corrected chi connectivity index (χ2v) is 2.87. The molecule has 3 heteroatoms. The monoisotopic (exact) mass is 168 g/mol. The summed E-state index contributed by atoms with van der Waals surface area (Å²) < 4.78 is 18.0. The van der Waals surface area contributed by atoms with Gasteiger partial charge in [-0.25, -0.2) is 4.39 Å². The van der Waals surface area contributed by atoms with Crippen LogP contribution in [0.2, 0.25) is 0 Å². The molecule has 0 spiro atoms. The van der Waals surface area contributed by atoms with Crippen molar-refractivity contribution in [2.24, 2.45) is 0 Å². The van der Waals surface area contributed by atoms with Crippen LogP contribution in [0.25, 0.3) is 0 Å². The predicted octanol–water partition coefficient (Wildman–Crippen LogP) is 1.29. The second-order valence-electron chi connectivity index (χ2n) is 2.87. The van der Waals surface area contributed by atoms with Gasteiger partial charge in [-0.05, 0) is 18.2 Å². The summed E-state index contributed by atoms with van der Waals surface area (Å²) in [5.74, 6) is 0.351. The van der Waals surface area contributed by atoms with Crippen molar-refractivity contribution >= 4 is 0 Å². The molecular formula is C9H9FO2. The molecule has 0 radical (unpaired) electrons. The highest BCUT2D eigenvalue weighted by Gasteiger charge is 2.23. The number of aliphatic hydroxyl groups excluding tert-OH is 1. The molecule has 1 aromatic rings. The Hall–Kier alpha value is -1.09. The number of fused-ring (bicyclic) bond motifs is 1. The largest absolute Gasteiger partial charge is 0.493 e. The highest BCUT2D eigenvalue weighted by molar-refractivity contribution is 5.40. The van der Waals surface area contributed by atoms with Gasteiger partial charge in [0.2, 0.25) is 0 Å². The summed E-state index contributed by atoms with van der Waals surface area (Å²) in [5, 5.41) is 8.90. The van der Waals surface area contributed by atoms with Crippen LogP contribution in [-0.4, -0.2) is 18.3 Å². The predicted molar refractivity (Wildman–Crippen MR) is 41.7 cm³/mol. The van der Waals surface area contributed by atoms with Crippen LogP contribution in [0.1, 0.15) is 11.5 Å². The van der Waals surface area contributed by atoms with E-state index in [1.807, 2.05) is 0 Å². The normalized spacial score (nSPS) is 20.3. The fraction of sp³-hybridized carbons (Fsp3) is 0.333. The first-order chi connectivity index (χ1) is 5.81.